The highest BCUT2D eigenvalue weighted by atomic mass is 35.5. The van der Waals surface area contributed by atoms with Crippen molar-refractivity contribution in [3.8, 4) is 0 Å². The Morgan fingerprint density at radius 2 is 2.21 bits per heavy atom. The fourth-order valence-corrected chi connectivity index (χ4v) is 2.26. The van der Waals surface area contributed by atoms with Crippen LogP contribution in [-0.4, -0.2) is 29.8 Å². The van der Waals surface area contributed by atoms with Crippen LogP contribution in [0.5, 0.6) is 0 Å². The number of hydrogen-bond donors (Lipinski definition) is 2. The molecule has 0 aliphatic carbocycles. The summed E-state index contributed by atoms with van der Waals surface area (Å²) in [5.74, 6) is -0.171. The van der Waals surface area contributed by atoms with Gasteiger partial charge in [-0.05, 0) is 31.0 Å². The van der Waals surface area contributed by atoms with Crippen LogP contribution in [0.15, 0.2) is 24.3 Å². The van der Waals surface area contributed by atoms with Crippen molar-refractivity contribution in [2.24, 2.45) is 0 Å². The number of carbonyl (C=O) groups excluding carboxylic acids is 1. The van der Waals surface area contributed by atoms with Gasteiger partial charge in [0, 0.05) is 11.6 Å². The summed E-state index contributed by atoms with van der Waals surface area (Å²) in [6, 6.07) is 6.84. The van der Waals surface area contributed by atoms with Crippen LogP contribution < -0.4 is 5.32 Å². The summed E-state index contributed by atoms with van der Waals surface area (Å²) in [6.45, 7) is 3.14. The maximum absolute atomic E-state index is 11.9. The number of hydrogen-bond acceptors (Lipinski definition) is 3. The van der Waals surface area contributed by atoms with E-state index in [-0.39, 0.29) is 17.9 Å². The minimum absolute atomic E-state index is 0.0389. The average molecular weight is 284 g/mol. The Morgan fingerprint density at radius 1 is 1.53 bits per heavy atom. The van der Waals surface area contributed by atoms with Gasteiger partial charge in [-0.1, -0.05) is 23.7 Å². The molecule has 2 rings (SSSR count). The molecule has 1 saturated heterocycles. The van der Waals surface area contributed by atoms with Crippen molar-refractivity contribution in [2.75, 3.05) is 13.2 Å². The SMILES string of the molecule is CC1(NC(=O)CC(O)c2ccc(Cl)cc2)CCOC1. The van der Waals surface area contributed by atoms with Crippen molar-refractivity contribution in [1.29, 1.82) is 0 Å². The van der Waals surface area contributed by atoms with Crippen LogP contribution in [0.3, 0.4) is 0 Å². The van der Waals surface area contributed by atoms with E-state index in [4.69, 9.17) is 16.3 Å². The highest BCUT2D eigenvalue weighted by Gasteiger charge is 2.31. The molecule has 1 fully saturated rings. The molecule has 1 aliphatic heterocycles. The quantitative estimate of drug-likeness (QED) is 0.889. The molecule has 0 radical (unpaired) electrons. The molecule has 104 valence electrons. The largest absolute Gasteiger partial charge is 0.388 e. The lowest BCUT2D eigenvalue weighted by Crippen LogP contribution is -2.46. The smallest absolute Gasteiger partial charge is 0.223 e. The van der Waals surface area contributed by atoms with Gasteiger partial charge >= 0.3 is 0 Å². The number of aliphatic hydroxyl groups excluding tert-OH is 1. The first-order valence-electron chi connectivity index (χ1n) is 6.31. The molecule has 4 nitrogen and oxygen atoms in total. The van der Waals surface area contributed by atoms with Crippen LogP contribution >= 0.6 is 11.6 Å². The molecule has 0 spiro atoms. The maximum Gasteiger partial charge on any atom is 0.223 e. The molecule has 5 heteroatoms. The number of halogens is 1. The predicted octanol–water partition coefficient (Wildman–Crippen LogP) is 2.06. The van der Waals surface area contributed by atoms with Gasteiger partial charge < -0.3 is 15.2 Å². The molecule has 19 heavy (non-hydrogen) atoms. The van der Waals surface area contributed by atoms with Crippen molar-refractivity contribution >= 4 is 17.5 Å². The zero-order valence-corrected chi connectivity index (χ0v) is 11.6. The van der Waals surface area contributed by atoms with Gasteiger partial charge in [0.25, 0.3) is 0 Å². The van der Waals surface area contributed by atoms with Gasteiger partial charge in [-0.2, -0.15) is 0 Å². The molecule has 1 heterocycles. The van der Waals surface area contributed by atoms with Crippen LogP contribution in [0.1, 0.15) is 31.4 Å². The van der Waals surface area contributed by atoms with Gasteiger partial charge in [0.15, 0.2) is 0 Å². The number of amides is 1. The van der Waals surface area contributed by atoms with Crippen LogP contribution in [-0.2, 0) is 9.53 Å². The fourth-order valence-electron chi connectivity index (χ4n) is 2.13. The predicted molar refractivity (Wildman–Crippen MR) is 73.0 cm³/mol. The summed E-state index contributed by atoms with van der Waals surface area (Å²) in [5.41, 5.74) is 0.379. The number of benzene rings is 1. The van der Waals surface area contributed by atoms with Crippen molar-refractivity contribution < 1.29 is 14.6 Å². The van der Waals surface area contributed by atoms with E-state index in [1.165, 1.54) is 0 Å². The Morgan fingerprint density at radius 3 is 2.79 bits per heavy atom. The van der Waals surface area contributed by atoms with E-state index in [0.717, 1.165) is 6.42 Å². The number of ether oxygens (including phenoxy) is 1. The third kappa shape index (κ3) is 3.93. The molecule has 1 aromatic rings. The summed E-state index contributed by atoms with van der Waals surface area (Å²) in [7, 11) is 0. The molecule has 0 aromatic heterocycles. The second-order valence-corrected chi connectivity index (χ2v) is 5.62. The molecular formula is C14H18ClNO3. The van der Waals surface area contributed by atoms with Gasteiger partial charge in [0.1, 0.15) is 0 Å². The summed E-state index contributed by atoms with van der Waals surface area (Å²) < 4.78 is 5.27. The second kappa shape index (κ2) is 5.90. The van der Waals surface area contributed by atoms with Crippen molar-refractivity contribution in [2.45, 2.75) is 31.4 Å². The molecule has 1 aliphatic rings. The highest BCUT2D eigenvalue weighted by molar-refractivity contribution is 6.30. The molecular weight excluding hydrogens is 266 g/mol. The standard InChI is InChI=1S/C14H18ClNO3/c1-14(6-7-19-9-14)16-13(18)8-12(17)10-2-4-11(15)5-3-10/h2-5,12,17H,6-9H2,1H3,(H,16,18). The molecule has 1 amide bonds. The molecule has 2 unspecified atom stereocenters. The van der Waals surface area contributed by atoms with E-state index in [0.29, 0.717) is 23.8 Å². The maximum atomic E-state index is 11.9. The first-order valence-corrected chi connectivity index (χ1v) is 6.69. The van der Waals surface area contributed by atoms with Crippen molar-refractivity contribution in [3.63, 3.8) is 0 Å². The number of rotatable bonds is 4. The lowest BCUT2D eigenvalue weighted by Gasteiger charge is -2.24. The Labute approximate surface area is 117 Å². The summed E-state index contributed by atoms with van der Waals surface area (Å²) in [4.78, 5) is 11.9. The van der Waals surface area contributed by atoms with Gasteiger partial charge in [-0.25, -0.2) is 0 Å². The summed E-state index contributed by atoms with van der Waals surface area (Å²) >= 11 is 5.78. The average Bonchev–Trinajstić information content (AvgIpc) is 2.76. The zero-order valence-electron chi connectivity index (χ0n) is 10.9. The number of nitrogens with one attached hydrogen (secondary N) is 1. The summed E-state index contributed by atoms with van der Waals surface area (Å²) in [6.07, 6.45) is 0.0238. The van der Waals surface area contributed by atoms with E-state index in [1.54, 1.807) is 24.3 Å². The Kier molecular flexibility index (Phi) is 4.45. The van der Waals surface area contributed by atoms with E-state index >= 15 is 0 Å². The normalized spacial score (nSPS) is 24.2. The molecule has 2 N–H and O–H groups in total. The molecule has 1 aromatic carbocycles. The van der Waals surface area contributed by atoms with Gasteiger partial charge in [0.2, 0.25) is 5.91 Å². The van der Waals surface area contributed by atoms with Crippen LogP contribution in [0, 0.1) is 0 Å². The first-order chi connectivity index (χ1) is 8.98. The lowest BCUT2D eigenvalue weighted by molar-refractivity contribution is -0.124. The van der Waals surface area contributed by atoms with Gasteiger partial charge in [-0.3, -0.25) is 4.79 Å². The highest BCUT2D eigenvalue weighted by Crippen LogP contribution is 2.21. The molecule has 0 saturated carbocycles. The Bertz CT molecular complexity index is 441. The van der Waals surface area contributed by atoms with Crippen molar-refractivity contribution in [3.05, 3.63) is 34.9 Å². The van der Waals surface area contributed by atoms with Gasteiger partial charge in [0.05, 0.1) is 24.7 Å². The number of carbonyl (C=O) groups is 1. The zero-order chi connectivity index (χ0) is 13.9. The Balaban J connectivity index is 1.89. The summed E-state index contributed by atoms with van der Waals surface area (Å²) in [5, 5.41) is 13.5. The van der Waals surface area contributed by atoms with E-state index in [2.05, 4.69) is 5.32 Å². The minimum atomic E-state index is -0.816. The fraction of sp³-hybridized carbons (Fsp3) is 0.500. The second-order valence-electron chi connectivity index (χ2n) is 5.18. The minimum Gasteiger partial charge on any atom is -0.388 e. The Hall–Kier alpha value is -1.10. The van der Waals surface area contributed by atoms with Crippen LogP contribution in [0.25, 0.3) is 0 Å². The monoisotopic (exact) mass is 283 g/mol. The van der Waals surface area contributed by atoms with Crippen molar-refractivity contribution in [1.82, 2.24) is 5.32 Å². The van der Waals surface area contributed by atoms with E-state index < -0.39 is 6.10 Å². The third-order valence-corrected chi connectivity index (χ3v) is 3.55. The van der Waals surface area contributed by atoms with Gasteiger partial charge in [-0.15, -0.1) is 0 Å². The van der Waals surface area contributed by atoms with Crippen LogP contribution in [0.4, 0.5) is 0 Å². The lowest BCUT2D eigenvalue weighted by atomic mass is 10.0. The van der Waals surface area contributed by atoms with E-state index in [9.17, 15) is 9.90 Å². The van der Waals surface area contributed by atoms with Crippen LogP contribution in [0.2, 0.25) is 5.02 Å². The third-order valence-electron chi connectivity index (χ3n) is 3.29. The first kappa shape index (κ1) is 14.3. The molecule has 2 atom stereocenters. The number of aliphatic hydroxyl groups is 1. The topological polar surface area (TPSA) is 58.6 Å². The molecule has 0 bridgehead atoms. The van der Waals surface area contributed by atoms with E-state index in [1.807, 2.05) is 6.92 Å².